The van der Waals surface area contributed by atoms with Crippen LogP contribution in [0.25, 0.3) is 6.08 Å². The molecule has 0 N–H and O–H groups in total. The van der Waals surface area contributed by atoms with Crippen LogP contribution in [-0.4, -0.2) is 25.5 Å². The zero-order valence-corrected chi connectivity index (χ0v) is 18.2. The number of carbonyl (C=O) groups is 2. The fourth-order valence-electron chi connectivity index (χ4n) is 2.88. The summed E-state index contributed by atoms with van der Waals surface area (Å²) in [5, 5.41) is 0.362. The quantitative estimate of drug-likeness (QED) is 0.188. The predicted molar refractivity (Wildman–Crippen MR) is 120 cm³/mol. The van der Waals surface area contributed by atoms with Gasteiger partial charge in [-0.2, -0.15) is 0 Å². The fourth-order valence-corrected chi connectivity index (χ4v) is 3.15. The summed E-state index contributed by atoms with van der Waals surface area (Å²) in [7, 11) is 1.50. The normalized spacial score (nSPS) is 10.8. The number of halogens is 2. The number of ketones is 1. The Morgan fingerprint density at radius 1 is 1.00 bits per heavy atom. The monoisotopic (exact) mass is 454 g/mol. The molecule has 0 aliphatic rings. The van der Waals surface area contributed by atoms with Crippen molar-refractivity contribution in [2.24, 2.45) is 0 Å². The number of hydrogen-bond donors (Lipinski definition) is 0. The third-order valence-corrected chi connectivity index (χ3v) is 4.67. The van der Waals surface area contributed by atoms with Crippen LogP contribution >= 0.6 is 11.6 Å². The van der Waals surface area contributed by atoms with Gasteiger partial charge in [0.25, 0.3) is 0 Å². The molecule has 7 heteroatoms. The summed E-state index contributed by atoms with van der Waals surface area (Å²) in [5.41, 5.74) is 1.39. The van der Waals surface area contributed by atoms with Crippen molar-refractivity contribution in [3.05, 3.63) is 94.3 Å². The van der Waals surface area contributed by atoms with Crippen molar-refractivity contribution < 1.29 is 28.2 Å². The maximum Gasteiger partial charge on any atom is 0.336 e. The van der Waals surface area contributed by atoms with Crippen LogP contribution in [0.3, 0.4) is 0 Å². The Morgan fingerprint density at radius 2 is 1.62 bits per heavy atom. The molecule has 0 amide bonds. The lowest BCUT2D eigenvalue weighted by molar-refractivity contribution is -0.128. The van der Waals surface area contributed by atoms with E-state index < -0.39 is 11.8 Å². The molecular weight excluding hydrogens is 435 g/mol. The Bertz CT molecular complexity index is 1140. The first-order valence-corrected chi connectivity index (χ1v) is 10.1. The minimum Gasteiger partial charge on any atom is -0.493 e. The molecule has 32 heavy (non-hydrogen) atoms. The average molecular weight is 455 g/mol. The minimum atomic E-state index is -0.605. The van der Waals surface area contributed by atoms with E-state index in [0.29, 0.717) is 39.8 Å². The molecule has 5 nitrogen and oxygen atoms in total. The second kappa shape index (κ2) is 10.6. The maximum atomic E-state index is 13.0. The highest BCUT2D eigenvalue weighted by molar-refractivity contribution is 6.32. The van der Waals surface area contributed by atoms with Crippen molar-refractivity contribution in [1.29, 1.82) is 0 Å². The zero-order chi connectivity index (χ0) is 23.1. The molecule has 0 aliphatic heterocycles. The molecule has 3 aromatic carbocycles. The van der Waals surface area contributed by atoms with Gasteiger partial charge in [0.1, 0.15) is 11.6 Å². The van der Waals surface area contributed by atoms with Gasteiger partial charge in [-0.25, -0.2) is 9.18 Å². The Kier molecular flexibility index (Phi) is 7.63. The fraction of sp³-hybridized carbons (Fsp3) is 0.120. The Morgan fingerprint density at radius 3 is 2.22 bits per heavy atom. The average Bonchev–Trinajstić information content (AvgIpc) is 2.79. The minimum absolute atomic E-state index is 0.260. The molecule has 0 radical (unpaired) electrons. The van der Waals surface area contributed by atoms with Crippen LogP contribution in [0, 0.1) is 5.82 Å². The number of ether oxygens (including phenoxy) is 3. The summed E-state index contributed by atoms with van der Waals surface area (Å²) in [6.45, 7) is 2.27. The van der Waals surface area contributed by atoms with Crippen LogP contribution in [0.2, 0.25) is 5.02 Å². The summed E-state index contributed by atoms with van der Waals surface area (Å²) < 4.78 is 29.0. The van der Waals surface area contributed by atoms with Gasteiger partial charge in [0.15, 0.2) is 17.3 Å². The highest BCUT2D eigenvalue weighted by atomic mass is 35.5. The molecule has 0 saturated carbocycles. The highest BCUT2D eigenvalue weighted by Crippen LogP contribution is 2.36. The first kappa shape index (κ1) is 23.0. The SMILES string of the molecule is CCOc1c(Cl)cc(C=CC(=O)Oc2ccc(C(=O)c3ccc(F)cc3)cc2)cc1OC. The molecule has 0 heterocycles. The van der Waals surface area contributed by atoms with E-state index in [-0.39, 0.29) is 11.5 Å². The lowest BCUT2D eigenvalue weighted by Gasteiger charge is -2.11. The summed E-state index contributed by atoms with van der Waals surface area (Å²) in [6.07, 6.45) is 2.79. The third kappa shape index (κ3) is 5.74. The number of esters is 1. The zero-order valence-electron chi connectivity index (χ0n) is 17.4. The molecule has 3 aromatic rings. The van der Waals surface area contributed by atoms with Gasteiger partial charge in [-0.1, -0.05) is 11.6 Å². The number of methoxy groups -OCH3 is 1. The predicted octanol–water partition coefficient (Wildman–Crippen LogP) is 5.74. The second-order valence-corrected chi connectivity index (χ2v) is 6.99. The molecule has 0 aromatic heterocycles. The Labute approximate surface area is 190 Å². The van der Waals surface area contributed by atoms with Gasteiger partial charge in [-0.3, -0.25) is 4.79 Å². The van der Waals surface area contributed by atoms with Crippen molar-refractivity contribution >= 4 is 29.4 Å². The largest absolute Gasteiger partial charge is 0.493 e. The second-order valence-electron chi connectivity index (χ2n) is 6.58. The molecule has 164 valence electrons. The van der Waals surface area contributed by atoms with Crippen LogP contribution in [-0.2, 0) is 4.79 Å². The standard InChI is InChI=1S/C25H20ClFO5/c1-3-31-25-21(26)14-16(15-22(25)30-2)4-13-23(28)32-20-11-7-18(8-12-20)24(29)17-5-9-19(27)10-6-17/h4-15H,3H2,1-2H3. The van der Waals surface area contributed by atoms with Gasteiger partial charge >= 0.3 is 5.97 Å². The molecule has 0 spiro atoms. The first-order valence-electron chi connectivity index (χ1n) is 9.71. The maximum absolute atomic E-state index is 13.0. The molecular formula is C25H20ClFO5. The van der Waals surface area contributed by atoms with Crippen LogP contribution in [0.1, 0.15) is 28.4 Å². The van der Waals surface area contributed by atoms with Crippen molar-refractivity contribution in [3.63, 3.8) is 0 Å². The lowest BCUT2D eigenvalue weighted by atomic mass is 10.0. The number of carbonyl (C=O) groups excluding carboxylic acids is 2. The van der Waals surface area contributed by atoms with Gasteiger partial charge < -0.3 is 14.2 Å². The Hall–Kier alpha value is -3.64. The molecule has 0 bridgehead atoms. The van der Waals surface area contributed by atoms with E-state index in [0.717, 1.165) is 0 Å². The molecule has 0 unspecified atom stereocenters. The van der Waals surface area contributed by atoms with Gasteiger partial charge in [-0.15, -0.1) is 0 Å². The number of rotatable bonds is 8. The molecule has 0 atom stereocenters. The lowest BCUT2D eigenvalue weighted by Crippen LogP contribution is -2.05. The van der Waals surface area contributed by atoms with Crippen LogP contribution in [0.5, 0.6) is 17.2 Å². The van der Waals surface area contributed by atoms with Gasteiger partial charge in [0.05, 0.1) is 18.7 Å². The third-order valence-electron chi connectivity index (χ3n) is 4.39. The summed E-state index contributed by atoms with van der Waals surface area (Å²) in [4.78, 5) is 24.6. The van der Waals surface area contributed by atoms with E-state index in [1.807, 2.05) is 6.92 Å². The summed E-state index contributed by atoms with van der Waals surface area (Å²) in [5.74, 6) is -0.114. The van der Waals surface area contributed by atoms with Crippen molar-refractivity contribution in [3.8, 4) is 17.2 Å². The summed E-state index contributed by atoms with van der Waals surface area (Å²) >= 11 is 6.23. The molecule has 0 aliphatic carbocycles. The van der Waals surface area contributed by atoms with E-state index in [2.05, 4.69) is 0 Å². The van der Waals surface area contributed by atoms with E-state index in [1.165, 1.54) is 61.7 Å². The smallest absolute Gasteiger partial charge is 0.336 e. The van der Waals surface area contributed by atoms with Crippen molar-refractivity contribution in [2.75, 3.05) is 13.7 Å². The van der Waals surface area contributed by atoms with Crippen LogP contribution in [0.15, 0.2) is 66.7 Å². The first-order chi connectivity index (χ1) is 15.4. The van der Waals surface area contributed by atoms with E-state index in [9.17, 15) is 14.0 Å². The molecule has 0 saturated heterocycles. The highest BCUT2D eigenvalue weighted by Gasteiger charge is 2.12. The van der Waals surface area contributed by atoms with Gasteiger partial charge in [0.2, 0.25) is 0 Å². The topological polar surface area (TPSA) is 61.8 Å². The van der Waals surface area contributed by atoms with E-state index in [4.69, 9.17) is 25.8 Å². The molecule has 3 rings (SSSR count). The van der Waals surface area contributed by atoms with Crippen molar-refractivity contribution in [2.45, 2.75) is 6.92 Å². The summed E-state index contributed by atoms with van der Waals surface area (Å²) in [6, 6.07) is 14.7. The van der Waals surface area contributed by atoms with Crippen LogP contribution in [0.4, 0.5) is 4.39 Å². The number of benzene rings is 3. The van der Waals surface area contributed by atoms with Crippen molar-refractivity contribution in [1.82, 2.24) is 0 Å². The van der Waals surface area contributed by atoms with Gasteiger partial charge in [-0.05, 0) is 79.2 Å². The Balaban J connectivity index is 1.66. The molecule has 0 fully saturated rings. The van der Waals surface area contributed by atoms with Crippen LogP contribution < -0.4 is 14.2 Å². The number of hydrogen-bond acceptors (Lipinski definition) is 5. The van der Waals surface area contributed by atoms with E-state index in [1.54, 1.807) is 18.2 Å². The van der Waals surface area contributed by atoms with E-state index >= 15 is 0 Å². The van der Waals surface area contributed by atoms with Gasteiger partial charge in [0, 0.05) is 17.2 Å².